The first kappa shape index (κ1) is 11.8. The lowest BCUT2D eigenvalue weighted by Crippen LogP contribution is -2.03. The van der Waals surface area contributed by atoms with E-state index in [4.69, 9.17) is 0 Å². The van der Waals surface area contributed by atoms with E-state index in [-0.39, 0.29) is 11.2 Å². The first-order chi connectivity index (χ1) is 8.18. The second-order valence-corrected chi connectivity index (χ2v) is 4.70. The average molecular weight is 226 g/mol. The van der Waals surface area contributed by atoms with Gasteiger partial charge >= 0.3 is 0 Å². The fraction of sp³-hybridized carbons (Fsp3) is 0.312. The Balaban J connectivity index is 1.99. The number of ketones is 1. The fourth-order valence-electron chi connectivity index (χ4n) is 2.20. The molecule has 2 atom stereocenters. The van der Waals surface area contributed by atoms with Crippen molar-refractivity contribution in [3.05, 3.63) is 60.3 Å². The zero-order chi connectivity index (χ0) is 12.3. The van der Waals surface area contributed by atoms with Crippen LogP contribution in [0, 0.1) is 11.3 Å². The predicted molar refractivity (Wildman–Crippen MR) is 71.5 cm³/mol. The Morgan fingerprint density at radius 1 is 1.35 bits per heavy atom. The van der Waals surface area contributed by atoms with Crippen LogP contribution in [-0.2, 0) is 4.79 Å². The predicted octanol–water partition coefficient (Wildman–Crippen LogP) is 3.77. The van der Waals surface area contributed by atoms with Crippen LogP contribution in [0.4, 0.5) is 0 Å². The van der Waals surface area contributed by atoms with Crippen LogP contribution < -0.4 is 0 Å². The number of Topliss-reactive ketones (excluding diaryl/α,β-unsaturated/α-hetero) is 1. The van der Waals surface area contributed by atoms with Crippen molar-refractivity contribution < 1.29 is 4.79 Å². The summed E-state index contributed by atoms with van der Waals surface area (Å²) in [5.41, 5.74) is 1.06. The van der Waals surface area contributed by atoms with Crippen LogP contribution in [0.5, 0.6) is 0 Å². The van der Waals surface area contributed by atoms with Gasteiger partial charge in [0.25, 0.3) is 0 Å². The van der Waals surface area contributed by atoms with Gasteiger partial charge in [-0.05, 0) is 26.2 Å². The summed E-state index contributed by atoms with van der Waals surface area (Å²) in [5.74, 6) is 0.691. The van der Waals surface area contributed by atoms with Crippen LogP contribution >= 0.6 is 0 Å². The number of carbonyl (C=O) groups is 1. The third-order valence-electron chi connectivity index (χ3n) is 3.40. The van der Waals surface area contributed by atoms with E-state index in [9.17, 15) is 4.79 Å². The van der Waals surface area contributed by atoms with Crippen molar-refractivity contribution >= 4 is 5.78 Å². The van der Waals surface area contributed by atoms with Gasteiger partial charge in [-0.25, -0.2) is 0 Å². The molecule has 17 heavy (non-hydrogen) atoms. The van der Waals surface area contributed by atoms with Crippen molar-refractivity contribution in [3.63, 3.8) is 0 Å². The molecule has 2 aliphatic carbocycles. The minimum Gasteiger partial charge on any atom is -0.295 e. The molecule has 0 heterocycles. The molecule has 0 amide bonds. The third kappa shape index (κ3) is 2.55. The molecule has 0 spiro atoms. The molecule has 0 aromatic carbocycles. The minimum absolute atomic E-state index is 0.165. The van der Waals surface area contributed by atoms with Gasteiger partial charge in [0.1, 0.15) is 0 Å². The Hall–Kier alpha value is -1.63. The zero-order valence-electron chi connectivity index (χ0n) is 10.4. The second-order valence-electron chi connectivity index (χ2n) is 4.70. The van der Waals surface area contributed by atoms with Gasteiger partial charge in [0, 0.05) is 11.0 Å². The monoisotopic (exact) mass is 226 g/mol. The molecule has 0 saturated heterocycles. The Morgan fingerprint density at radius 3 is 2.76 bits per heavy atom. The van der Waals surface area contributed by atoms with Gasteiger partial charge in [0.2, 0.25) is 0 Å². The summed E-state index contributed by atoms with van der Waals surface area (Å²) >= 11 is 0. The highest BCUT2D eigenvalue weighted by atomic mass is 16.1. The Kier molecular flexibility index (Phi) is 3.28. The normalized spacial score (nSPS) is 31.2. The van der Waals surface area contributed by atoms with Crippen molar-refractivity contribution in [1.82, 2.24) is 0 Å². The molecule has 1 fully saturated rings. The highest BCUT2D eigenvalue weighted by molar-refractivity contribution is 5.96. The molecule has 1 heteroatoms. The topological polar surface area (TPSA) is 17.1 Å². The highest BCUT2D eigenvalue weighted by Crippen LogP contribution is 2.58. The van der Waals surface area contributed by atoms with E-state index in [1.165, 1.54) is 0 Å². The first-order valence-corrected chi connectivity index (χ1v) is 6.07. The van der Waals surface area contributed by atoms with Crippen molar-refractivity contribution in [1.29, 1.82) is 0 Å². The third-order valence-corrected chi connectivity index (χ3v) is 3.40. The van der Waals surface area contributed by atoms with Gasteiger partial charge in [-0.15, -0.1) is 0 Å². The lowest BCUT2D eigenvalue weighted by molar-refractivity contribution is -0.113. The van der Waals surface area contributed by atoms with Crippen LogP contribution in [0.2, 0.25) is 0 Å². The quantitative estimate of drug-likeness (QED) is 0.667. The van der Waals surface area contributed by atoms with Crippen LogP contribution in [0.3, 0.4) is 0 Å². The molecule has 0 N–H and O–H groups in total. The molecule has 1 nitrogen and oxygen atoms in total. The standard InChI is InChI=1S/C16H18O/c1-3-4-5-6-7-9-16-10-8-14(13(2)17)11-15(16)12-16/h3-11,15H,12H2,1-2H3/b4-3-,6-5-,9-7+. The van der Waals surface area contributed by atoms with E-state index in [0.717, 1.165) is 12.0 Å². The number of allylic oxidation sites excluding steroid dienone is 10. The maximum atomic E-state index is 11.2. The fourth-order valence-corrected chi connectivity index (χ4v) is 2.20. The van der Waals surface area contributed by atoms with Gasteiger partial charge in [-0.3, -0.25) is 4.79 Å². The number of fused-ring (bicyclic) bond motifs is 1. The van der Waals surface area contributed by atoms with Crippen LogP contribution in [0.15, 0.2) is 60.3 Å². The number of rotatable bonds is 4. The summed E-state index contributed by atoms with van der Waals surface area (Å²) < 4.78 is 0. The summed E-state index contributed by atoms with van der Waals surface area (Å²) in [7, 11) is 0. The second kappa shape index (κ2) is 4.70. The number of carbonyl (C=O) groups excluding carboxylic acids is 1. The lowest BCUT2D eigenvalue weighted by atomic mass is 9.94. The molecular weight excluding hydrogens is 208 g/mol. The van der Waals surface area contributed by atoms with E-state index in [1.54, 1.807) is 6.92 Å². The van der Waals surface area contributed by atoms with Crippen molar-refractivity contribution in [2.24, 2.45) is 11.3 Å². The number of hydrogen-bond acceptors (Lipinski definition) is 1. The highest BCUT2D eigenvalue weighted by Gasteiger charge is 2.50. The van der Waals surface area contributed by atoms with Crippen molar-refractivity contribution in [3.8, 4) is 0 Å². The molecule has 2 rings (SSSR count). The van der Waals surface area contributed by atoms with Gasteiger partial charge in [0.05, 0.1) is 0 Å². The lowest BCUT2D eigenvalue weighted by Gasteiger charge is -2.10. The molecular formula is C16H18O. The number of hydrogen-bond donors (Lipinski definition) is 0. The first-order valence-electron chi connectivity index (χ1n) is 6.07. The van der Waals surface area contributed by atoms with Crippen LogP contribution in [0.25, 0.3) is 0 Å². The summed E-state index contributed by atoms with van der Waals surface area (Å²) in [6.45, 7) is 3.63. The summed E-state index contributed by atoms with van der Waals surface area (Å²) in [6.07, 6.45) is 19.8. The molecule has 0 radical (unpaired) electrons. The van der Waals surface area contributed by atoms with Gasteiger partial charge in [0.15, 0.2) is 5.78 Å². The largest absolute Gasteiger partial charge is 0.295 e. The zero-order valence-corrected chi connectivity index (χ0v) is 10.4. The van der Waals surface area contributed by atoms with Gasteiger partial charge in [-0.2, -0.15) is 0 Å². The van der Waals surface area contributed by atoms with E-state index in [2.05, 4.69) is 24.3 Å². The Bertz CT molecular complexity index is 460. The molecule has 2 unspecified atom stereocenters. The molecule has 88 valence electrons. The maximum absolute atomic E-state index is 11.2. The Labute approximate surface area is 103 Å². The van der Waals surface area contributed by atoms with E-state index in [0.29, 0.717) is 5.92 Å². The molecule has 0 aliphatic heterocycles. The van der Waals surface area contributed by atoms with Crippen molar-refractivity contribution in [2.75, 3.05) is 0 Å². The SMILES string of the molecule is C\C=C/C=C\C=C\C12C=CC(C(C)=O)=CC1C2. The summed E-state index contributed by atoms with van der Waals surface area (Å²) in [5, 5.41) is 0. The van der Waals surface area contributed by atoms with E-state index in [1.807, 2.05) is 37.3 Å². The average Bonchev–Trinajstić information content (AvgIpc) is 3.02. The van der Waals surface area contributed by atoms with Gasteiger partial charge in [-0.1, -0.05) is 54.7 Å². The maximum Gasteiger partial charge on any atom is 0.159 e. The minimum atomic E-state index is 0.165. The van der Waals surface area contributed by atoms with E-state index < -0.39 is 0 Å². The van der Waals surface area contributed by atoms with Crippen LogP contribution in [0.1, 0.15) is 20.3 Å². The van der Waals surface area contributed by atoms with Gasteiger partial charge < -0.3 is 0 Å². The van der Waals surface area contributed by atoms with Crippen molar-refractivity contribution in [2.45, 2.75) is 20.3 Å². The smallest absolute Gasteiger partial charge is 0.159 e. The van der Waals surface area contributed by atoms with E-state index >= 15 is 0 Å². The molecule has 0 aromatic heterocycles. The molecule has 2 aliphatic rings. The summed E-state index contributed by atoms with van der Waals surface area (Å²) in [4.78, 5) is 11.2. The summed E-state index contributed by atoms with van der Waals surface area (Å²) in [6, 6.07) is 0. The molecule has 1 saturated carbocycles. The Morgan fingerprint density at radius 2 is 2.12 bits per heavy atom. The molecule has 0 aromatic rings. The van der Waals surface area contributed by atoms with Crippen LogP contribution in [-0.4, -0.2) is 5.78 Å². The molecule has 0 bridgehead atoms.